The van der Waals surface area contributed by atoms with E-state index in [-0.39, 0.29) is 12.6 Å². The summed E-state index contributed by atoms with van der Waals surface area (Å²) in [5.74, 6) is 0. The van der Waals surface area contributed by atoms with Crippen molar-refractivity contribution in [3.8, 4) is 0 Å². The molecule has 0 aromatic carbocycles. The second-order valence-electron chi connectivity index (χ2n) is 5.79. The summed E-state index contributed by atoms with van der Waals surface area (Å²) >= 11 is 0. The minimum absolute atomic E-state index is 0.0139. The SMILES string of the molecule is FC(F)(F)C(CN1CCCCC1)OC1CCCCC1. The molecule has 0 bridgehead atoms. The lowest BCUT2D eigenvalue weighted by Gasteiger charge is -2.34. The van der Waals surface area contributed by atoms with Crippen molar-refractivity contribution in [1.29, 1.82) is 0 Å². The molecule has 1 atom stereocenters. The summed E-state index contributed by atoms with van der Waals surface area (Å²) in [5, 5.41) is 0. The van der Waals surface area contributed by atoms with Crippen molar-refractivity contribution in [2.45, 2.75) is 69.8 Å². The smallest absolute Gasteiger partial charge is 0.364 e. The van der Waals surface area contributed by atoms with E-state index in [0.717, 1.165) is 64.5 Å². The molecule has 0 radical (unpaired) electrons. The Morgan fingerprint density at radius 2 is 1.53 bits per heavy atom. The summed E-state index contributed by atoms with van der Waals surface area (Å²) in [4.78, 5) is 1.91. The summed E-state index contributed by atoms with van der Waals surface area (Å²) in [7, 11) is 0. The van der Waals surface area contributed by atoms with E-state index in [0.29, 0.717) is 0 Å². The Morgan fingerprint density at radius 3 is 2.11 bits per heavy atom. The van der Waals surface area contributed by atoms with Crippen LogP contribution in [0, 0.1) is 0 Å². The molecule has 1 aliphatic carbocycles. The largest absolute Gasteiger partial charge is 0.415 e. The van der Waals surface area contributed by atoms with Gasteiger partial charge in [0.05, 0.1) is 6.10 Å². The Morgan fingerprint density at radius 1 is 0.947 bits per heavy atom. The third-order valence-electron chi connectivity index (χ3n) is 4.15. The molecular weight excluding hydrogens is 255 g/mol. The van der Waals surface area contributed by atoms with Crippen LogP contribution >= 0.6 is 0 Å². The molecule has 2 rings (SSSR count). The lowest BCUT2D eigenvalue weighted by atomic mass is 9.97. The van der Waals surface area contributed by atoms with E-state index in [1.807, 2.05) is 4.90 Å². The van der Waals surface area contributed by atoms with E-state index in [9.17, 15) is 13.2 Å². The van der Waals surface area contributed by atoms with Gasteiger partial charge in [0, 0.05) is 6.54 Å². The van der Waals surface area contributed by atoms with E-state index in [2.05, 4.69) is 0 Å². The van der Waals surface area contributed by atoms with Crippen LogP contribution in [-0.2, 0) is 4.74 Å². The zero-order valence-electron chi connectivity index (χ0n) is 11.4. The molecule has 2 nitrogen and oxygen atoms in total. The van der Waals surface area contributed by atoms with Crippen molar-refractivity contribution in [3.63, 3.8) is 0 Å². The van der Waals surface area contributed by atoms with Crippen LogP contribution in [0.2, 0.25) is 0 Å². The number of halogens is 3. The van der Waals surface area contributed by atoms with Crippen molar-refractivity contribution in [1.82, 2.24) is 4.90 Å². The molecule has 0 spiro atoms. The van der Waals surface area contributed by atoms with Gasteiger partial charge in [0.15, 0.2) is 6.10 Å². The molecule has 19 heavy (non-hydrogen) atoms. The van der Waals surface area contributed by atoms with Crippen LogP contribution < -0.4 is 0 Å². The second kappa shape index (κ2) is 6.93. The highest BCUT2D eigenvalue weighted by Crippen LogP contribution is 2.29. The van der Waals surface area contributed by atoms with E-state index in [1.165, 1.54) is 0 Å². The van der Waals surface area contributed by atoms with Crippen molar-refractivity contribution in [3.05, 3.63) is 0 Å². The standard InChI is InChI=1S/C14H24F3NO/c15-14(16,17)13(11-18-9-5-2-6-10-18)19-12-7-3-1-4-8-12/h12-13H,1-11H2. The number of nitrogens with zero attached hydrogens (tertiary/aromatic N) is 1. The monoisotopic (exact) mass is 279 g/mol. The number of hydrogen-bond donors (Lipinski definition) is 0. The van der Waals surface area contributed by atoms with Gasteiger partial charge in [-0.25, -0.2) is 0 Å². The van der Waals surface area contributed by atoms with Gasteiger partial charge in [0.2, 0.25) is 0 Å². The zero-order valence-corrected chi connectivity index (χ0v) is 11.4. The van der Waals surface area contributed by atoms with Crippen LogP contribution in [0.5, 0.6) is 0 Å². The highest BCUT2D eigenvalue weighted by molar-refractivity contribution is 4.78. The van der Waals surface area contributed by atoms with E-state index >= 15 is 0 Å². The molecule has 2 aliphatic rings. The molecule has 1 heterocycles. The van der Waals surface area contributed by atoms with Crippen molar-refractivity contribution in [2.24, 2.45) is 0 Å². The van der Waals surface area contributed by atoms with E-state index in [4.69, 9.17) is 4.74 Å². The van der Waals surface area contributed by atoms with Gasteiger partial charge < -0.3 is 9.64 Å². The van der Waals surface area contributed by atoms with Gasteiger partial charge >= 0.3 is 6.18 Å². The maximum Gasteiger partial charge on any atom is 0.415 e. The van der Waals surface area contributed by atoms with Crippen LogP contribution in [-0.4, -0.2) is 42.9 Å². The molecule has 5 heteroatoms. The molecule has 0 amide bonds. The molecule has 1 saturated carbocycles. The minimum atomic E-state index is -4.24. The van der Waals surface area contributed by atoms with Gasteiger partial charge in [0.25, 0.3) is 0 Å². The summed E-state index contributed by atoms with van der Waals surface area (Å²) in [6, 6.07) is 0. The van der Waals surface area contributed by atoms with Crippen molar-refractivity contribution in [2.75, 3.05) is 19.6 Å². The van der Waals surface area contributed by atoms with Crippen LogP contribution in [0.15, 0.2) is 0 Å². The van der Waals surface area contributed by atoms with Gasteiger partial charge in [-0.05, 0) is 38.8 Å². The second-order valence-corrected chi connectivity index (χ2v) is 5.79. The van der Waals surface area contributed by atoms with Crippen LogP contribution in [0.1, 0.15) is 51.4 Å². The van der Waals surface area contributed by atoms with Crippen LogP contribution in [0.4, 0.5) is 13.2 Å². The fraction of sp³-hybridized carbons (Fsp3) is 1.00. The van der Waals surface area contributed by atoms with Gasteiger partial charge in [-0.3, -0.25) is 0 Å². The fourth-order valence-electron chi connectivity index (χ4n) is 3.03. The highest BCUT2D eigenvalue weighted by atomic mass is 19.4. The van der Waals surface area contributed by atoms with Gasteiger partial charge in [-0.1, -0.05) is 25.7 Å². The first-order valence-electron chi connectivity index (χ1n) is 7.50. The molecule has 1 unspecified atom stereocenters. The highest BCUT2D eigenvalue weighted by Gasteiger charge is 2.43. The first kappa shape index (κ1) is 15.1. The summed E-state index contributed by atoms with van der Waals surface area (Å²) in [6.07, 6.45) is 1.81. The van der Waals surface area contributed by atoms with Crippen LogP contribution in [0.3, 0.4) is 0 Å². The Bertz CT molecular complexity index is 238. The number of ether oxygens (including phenoxy) is 1. The molecule has 1 saturated heterocycles. The maximum absolute atomic E-state index is 13.1. The van der Waals surface area contributed by atoms with E-state index < -0.39 is 12.3 Å². The molecule has 112 valence electrons. The fourth-order valence-corrected chi connectivity index (χ4v) is 3.03. The molecule has 0 aromatic heterocycles. The number of piperidine rings is 1. The normalized spacial score (nSPS) is 25.4. The summed E-state index contributed by atoms with van der Waals surface area (Å²) < 4.78 is 44.6. The third kappa shape index (κ3) is 4.95. The maximum atomic E-state index is 13.1. The number of hydrogen-bond acceptors (Lipinski definition) is 2. The number of alkyl halides is 3. The van der Waals surface area contributed by atoms with E-state index in [1.54, 1.807) is 0 Å². The predicted octanol–water partition coefficient (Wildman–Crippen LogP) is 3.75. The first-order valence-corrected chi connectivity index (χ1v) is 7.50. The lowest BCUT2D eigenvalue weighted by Crippen LogP contribution is -2.46. The minimum Gasteiger partial charge on any atom is -0.364 e. The van der Waals surface area contributed by atoms with Gasteiger partial charge in [-0.15, -0.1) is 0 Å². The number of rotatable bonds is 4. The van der Waals surface area contributed by atoms with Gasteiger partial charge in [-0.2, -0.15) is 13.2 Å². The Balaban J connectivity index is 1.87. The van der Waals surface area contributed by atoms with Crippen LogP contribution in [0.25, 0.3) is 0 Å². The first-order chi connectivity index (χ1) is 9.05. The number of likely N-dealkylation sites (tertiary alicyclic amines) is 1. The molecular formula is C14H24F3NO. The quantitative estimate of drug-likeness (QED) is 0.777. The predicted molar refractivity (Wildman–Crippen MR) is 68.1 cm³/mol. The summed E-state index contributed by atoms with van der Waals surface area (Å²) in [6.45, 7) is 1.57. The molecule has 0 N–H and O–H groups in total. The average molecular weight is 279 g/mol. The molecule has 0 aromatic rings. The Labute approximate surface area is 113 Å². The van der Waals surface area contributed by atoms with Crippen molar-refractivity contribution < 1.29 is 17.9 Å². The zero-order chi connectivity index (χ0) is 13.7. The van der Waals surface area contributed by atoms with Crippen molar-refractivity contribution >= 4 is 0 Å². The Kier molecular flexibility index (Phi) is 5.51. The average Bonchev–Trinajstić information content (AvgIpc) is 2.39. The third-order valence-corrected chi connectivity index (χ3v) is 4.15. The van der Waals surface area contributed by atoms with Gasteiger partial charge in [0.1, 0.15) is 0 Å². The Hall–Kier alpha value is -0.290. The summed E-state index contributed by atoms with van der Waals surface area (Å²) in [5.41, 5.74) is 0. The molecule has 2 fully saturated rings. The molecule has 1 aliphatic heterocycles. The topological polar surface area (TPSA) is 12.5 Å². The lowest BCUT2D eigenvalue weighted by molar-refractivity contribution is -0.240.